The van der Waals surface area contributed by atoms with Crippen molar-refractivity contribution >= 4 is 5.90 Å². The molecule has 148 valence electrons. The maximum atomic E-state index is 10.3. The van der Waals surface area contributed by atoms with E-state index in [9.17, 15) is 15.8 Å². The fraction of sp³-hybridized carbons (Fsp3) is 0.524. The monoisotopic (exact) mass is 392 g/mol. The number of nitrogens with zero attached hydrogens (tertiary/aromatic N) is 3. The highest BCUT2D eigenvalue weighted by atomic mass is 16.7. The van der Waals surface area contributed by atoms with Crippen LogP contribution < -0.4 is 9.47 Å². The second-order valence-corrected chi connectivity index (χ2v) is 7.57. The van der Waals surface area contributed by atoms with E-state index in [1.807, 2.05) is 0 Å². The SMILES string of the molecule is COc1cccc(C2OC34CCCCC3C(C#N)(C#N)C2(C#N)C(=N)O4)c1OC. The molecule has 29 heavy (non-hydrogen) atoms. The predicted octanol–water partition coefficient (Wildman–Crippen LogP) is 3.21. The number of fused-ring (bicyclic) bond motifs is 2. The lowest BCUT2D eigenvalue weighted by Gasteiger charge is -2.63. The summed E-state index contributed by atoms with van der Waals surface area (Å²) in [7, 11) is 2.96. The molecule has 0 amide bonds. The smallest absolute Gasteiger partial charge is 0.218 e. The van der Waals surface area contributed by atoms with Gasteiger partial charge in [-0.25, -0.2) is 0 Å². The highest BCUT2D eigenvalue weighted by Gasteiger charge is 2.80. The van der Waals surface area contributed by atoms with Gasteiger partial charge in [-0.2, -0.15) is 15.8 Å². The molecule has 8 nitrogen and oxygen atoms in total. The third-order valence-corrected chi connectivity index (χ3v) is 6.53. The Hall–Kier alpha value is -3.28. The van der Waals surface area contributed by atoms with Crippen molar-refractivity contribution in [2.24, 2.45) is 16.7 Å². The summed E-state index contributed by atoms with van der Waals surface area (Å²) < 4.78 is 23.2. The molecular formula is C21H20N4O4. The van der Waals surface area contributed by atoms with E-state index in [0.717, 1.165) is 12.8 Å². The highest BCUT2D eigenvalue weighted by molar-refractivity contribution is 5.89. The first-order valence-electron chi connectivity index (χ1n) is 9.40. The number of nitrogens with one attached hydrogen (secondary N) is 1. The third kappa shape index (κ3) is 2.06. The number of nitriles is 3. The maximum absolute atomic E-state index is 10.3. The van der Waals surface area contributed by atoms with Gasteiger partial charge in [-0.05, 0) is 18.9 Å². The molecule has 4 unspecified atom stereocenters. The maximum Gasteiger partial charge on any atom is 0.218 e. The van der Waals surface area contributed by atoms with Crippen molar-refractivity contribution in [1.82, 2.24) is 0 Å². The van der Waals surface area contributed by atoms with Gasteiger partial charge >= 0.3 is 0 Å². The van der Waals surface area contributed by atoms with Crippen molar-refractivity contribution in [3.8, 4) is 29.7 Å². The molecule has 3 heterocycles. The number of hydrogen-bond donors (Lipinski definition) is 1. The molecular weight excluding hydrogens is 372 g/mol. The van der Waals surface area contributed by atoms with E-state index in [0.29, 0.717) is 29.9 Å². The van der Waals surface area contributed by atoms with Gasteiger partial charge in [0.25, 0.3) is 0 Å². The van der Waals surface area contributed by atoms with E-state index in [1.165, 1.54) is 14.2 Å². The van der Waals surface area contributed by atoms with E-state index < -0.39 is 34.5 Å². The molecule has 1 aromatic rings. The molecule has 8 heteroatoms. The van der Waals surface area contributed by atoms with Crippen LogP contribution in [0.15, 0.2) is 18.2 Å². The summed E-state index contributed by atoms with van der Waals surface area (Å²) in [5.41, 5.74) is -3.27. The summed E-state index contributed by atoms with van der Waals surface area (Å²) in [6.07, 6.45) is 1.44. The Bertz CT molecular complexity index is 989. The van der Waals surface area contributed by atoms with Crippen LogP contribution in [0.3, 0.4) is 0 Å². The minimum Gasteiger partial charge on any atom is -0.493 e. The molecule has 1 aromatic carbocycles. The predicted molar refractivity (Wildman–Crippen MR) is 98.6 cm³/mol. The van der Waals surface area contributed by atoms with Crippen LogP contribution in [-0.2, 0) is 9.47 Å². The zero-order valence-corrected chi connectivity index (χ0v) is 16.2. The average Bonchev–Trinajstić information content (AvgIpc) is 2.76. The summed E-state index contributed by atoms with van der Waals surface area (Å²) in [6, 6.07) is 11.5. The van der Waals surface area contributed by atoms with Crippen LogP contribution in [0.2, 0.25) is 0 Å². The van der Waals surface area contributed by atoms with Crippen LogP contribution >= 0.6 is 0 Å². The van der Waals surface area contributed by atoms with Gasteiger partial charge in [0.05, 0.1) is 38.3 Å². The molecule has 4 aliphatic rings. The fourth-order valence-corrected chi connectivity index (χ4v) is 5.24. The molecule has 3 saturated heterocycles. The Morgan fingerprint density at radius 3 is 2.48 bits per heavy atom. The lowest BCUT2D eigenvalue weighted by Crippen LogP contribution is -2.73. The van der Waals surface area contributed by atoms with Crippen molar-refractivity contribution in [2.75, 3.05) is 14.2 Å². The topological polar surface area (TPSA) is 132 Å². The number of rotatable bonds is 3. The normalized spacial score (nSPS) is 34.0. The molecule has 1 aliphatic carbocycles. The first kappa shape index (κ1) is 19.1. The van der Waals surface area contributed by atoms with Crippen LogP contribution in [-0.4, -0.2) is 25.9 Å². The summed E-state index contributed by atoms with van der Waals surface area (Å²) >= 11 is 0. The van der Waals surface area contributed by atoms with E-state index in [2.05, 4.69) is 18.2 Å². The summed E-state index contributed by atoms with van der Waals surface area (Å²) in [4.78, 5) is 0. The number of methoxy groups -OCH3 is 2. The van der Waals surface area contributed by atoms with Crippen LogP contribution in [0, 0.1) is 56.2 Å². The second-order valence-electron chi connectivity index (χ2n) is 7.57. The summed E-state index contributed by atoms with van der Waals surface area (Å²) in [5.74, 6) is -1.56. The molecule has 0 radical (unpaired) electrons. The van der Waals surface area contributed by atoms with Crippen molar-refractivity contribution in [3.05, 3.63) is 23.8 Å². The standard InChI is InChI=1S/C21H20N4O4/c1-26-14-7-5-6-13(16(14)27-2)17-20(12-24)18(25)29-21(28-17)9-4-3-8-15(21)19(20,10-22)11-23/h5-7,15,17,25H,3-4,8-9H2,1-2H3. The van der Waals surface area contributed by atoms with E-state index >= 15 is 0 Å². The Balaban J connectivity index is 2.04. The lowest BCUT2D eigenvalue weighted by molar-refractivity contribution is -0.360. The number of ether oxygens (including phenoxy) is 4. The van der Waals surface area contributed by atoms with Gasteiger partial charge in [0, 0.05) is 12.0 Å². The number of hydrogen-bond acceptors (Lipinski definition) is 8. The fourth-order valence-electron chi connectivity index (χ4n) is 5.24. The number of benzene rings is 1. The highest BCUT2D eigenvalue weighted by Crippen LogP contribution is 2.70. The zero-order valence-electron chi connectivity index (χ0n) is 16.2. The quantitative estimate of drug-likeness (QED) is 0.835. The van der Waals surface area contributed by atoms with Crippen LogP contribution in [0.1, 0.15) is 37.4 Å². The summed E-state index contributed by atoms with van der Waals surface area (Å²) in [5, 5.41) is 39.4. The Morgan fingerprint density at radius 1 is 1.10 bits per heavy atom. The van der Waals surface area contributed by atoms with Gasteiger partial charge in [-0.15, -0.1) is 0 Å². The van der Waals surface area contributed by atoms with Crippen molar-refractivity contribution < 1.29 is 18.9 Å². The average molecular weight is 392 g/mol. The van der Waals surface area contributed by atoms with Crippen molar-refractivity contribution in [3.63, 3.8) is 0 Å². The lowest BCUT2D eigenvalue weighted by atomic mass is 9.48. The zero-order chi connectivity index (χ0) is 20.9. The van der Waals surface area contributed by atoms with Gasteiger partial charge in [0.2, 0.25) is 11.7 Å². The van der Waals surface area contributed by atoms with Crippen LogP contribution in [0.5, 0.6) is 11.5 Å². The van der Waals surface area contributed by atoms with Crippen molar-refractivity contribution in [2.45, 2.75) is 37.6 Å². The minimum absolute atomic E-state index is 0.337. The van der Waals surface area contributed by atoms with Gasteiger partial charge in [-0.3, -0.25) is 5.41 Å². The van der Waals surface area contributed by atoms with Gasteiger partial charge < -0.3 is 18.9 Å². The molecule has 0 aromatic heterocycles. The Morgan fingerprint density at radius 2 is 1.86 bits per heavy atom. The van der Waals surface area contributed by atoms with Crippen molar-refractivity contribution in [1.29, 1.82) is 21.2 Å². The first-order chi connectivity index (χ1) is 14.0. The molecule has 4 atom stereocenters. The third-order valence-electron chi connectivity index (χ3n) is 6.53. The molecule has 5 rings (SSSR count). The molecule has 3 aliphatic heterocycles. The summed E-state index contributed by atoms with van der Waals surface area (Å²) in [6.45, 7) is 0. The van der Waals surface area contributed by atoms with Crippen LogP contribution in [0.4, 0.5) is 0 Å². The van der Waals surface area contributed by atoms with E-state index in [1.54, 1.807) is 18.2 Å². The van der Waals surface area contributed by atoms with Gasteiger partial charge in [-0.1, -0.05) is 18.6 Å². The van der Waals surface area contributed by atoms with E-state index in [4.69, 9.17) is 24.4 Å². The minimum atomic E-state index is -1.93. The Kier molecular flexibility index (Phi) is 4.19. The first-order valence-corrected chi connectivity index (χ1v) is 9.40. The number of para-hydroxylation sites is 1. The van der Waals surface area contributed by atoms with E-state index in [-0.39, 0.29) is 0 Å². The Labute approximate surface area is 168 Å². The van der Waals surface area contributed by atoms with Gasteiger partial charge in [0.1, 0.15) is 6.10 Å². The van der Waals surface area contributed by atoms with Gasteiger partial charge in [0.15, 0.2) is 22.3 Å². The second kappa shape index (κ2) is 6.37. The van der Waals surface area contributed by atoms with Crippen LogP contribution in [0.25, 0.3) is 0 Å². The molecule has 2 bridgehead atoms. The molecule has 1 saturated carbocycles. The largest absolute Gasteiger partial charge is 0.493 e. The molecule has 4 fully saturated rings. The molecule has 1 spiro atoms. The molecule has 1 N–H and O–H groups in total.